The van der Waals surface area contributed by atoms with Crippen LogP contribution in [0.4, 0.5) is 34.9 Å². The number of nitrogens with zero attached hydrogens (tertiary/aromatic N) is 2. The number of carbonyl (C=O) groups excluding carboxylic acids is 1. The van der Waals surface area contributed by atoms with Gasteiger partial charge in [0.05, 0.1) is 0 Å². The van der Waals surface area contributed by atoms with Gasteiger partial charge in [0, 0.05) is 6.20 Å². The van der Waals surface area contributed by atoms with Gasteiger partial charge in [0.15, 0.2) is 0 Å². The molecular formula is C17H10F4N4O. The van der Waals surface area contributed by atoms with Crippen LogP contribution in [-0.4, -0.2) is 15.9 Å². The second-order valence-corrected chi connectivity index (χ2v) is 5.04. The summed E-state index contributed by atoms with van der Waals surface area (Å²) in [5.41, 5.74) is -1.39. The van der Waals surface area contributed by atoms with Crippen LogP contribution in [0.15, 0.2) is 48.7 Å². The molecule has 0 saturated carbocycles. The van der Waals surface area contributed by atoms with Crippen molar-refractivity contribution in [1.29, 1.82) is 0 Å². The van der Waals surface area contributed by atoms with Crippen molar-refractivity contribution < 1.29 is 22.4 Å². The molecule has 2 N–H and O–H groups in total. The third-order valence-corrected chi connectivity index (χ3v) is 3.29. The Morgan fingerprint density at radius 2 is 1.35 bits per heavy atom. The van der Waals surface area contributed by atoms with Crippen molar-refractivity contribution in [3.8, 4) is 0 Å². The molecule has 3 rings (SSSR count). The van der Waals surface area contributed by atoms with E-state index in [4.69, 9.17) is 0 Å². The molecule has 1 aromatic heterocycles. The Labute approximate surface area is 144 Å². The molecule has 0 aliphatic heterocycles. The van der Waals surface area contributed by atoms with Crippen molar-refractivity contribution in [2.45, 2.75) is 0 Å². The zero-order valence-electron chi connectivity index (χ0n) is 12.9. The Bertz CT molecular complexity index is 940. The SMILES string of the molecule is O=C(Nc1c(F)cccc1F)c1ccnc(Nc2c(F)cccc2F)n1. The molecule has 26 heavy (non-hydrogen) atoms. The van der Waals surface area contributed by atoms with Gasteiger partial charge in [-0.25, -0.2) is 27.5 Å². The van der Waals surface area contributed by atoms with E-state index >= 15 is 0 Å². The number of para-hydroxylation sites is 2. The minimum Gasteiger partial charge on any atom is -0.319 e. The zero-order valence-corrected chi connectivity index (χ0v) is 12.9. The van der Waals surface area contributed by atoms with Crippen LogP contribution >= 0.6 is 0 Å². The topological polar surface area (TPSA) is 66.9 Å². The van der Waals surface area contributed by atoms with E-state index in [1.165, 1.54) is 12.1 Å². The van der Waals surface area contributed by atoms with Crippen LogP contribution in [0.25, 0.3) is 0 Å². The van der Waals surface area contributed by atoms with E-state index in [1.807, 2.05) is 0 Å². The first-order chi connectivity index (χ1) is 12.5. The zero-order chi connectivity index (χ0) is 18.7. The number of nitrogens with one attached hydrogen (secondary N) is 2. The van der Waals surface area contributed by atoms with Crippen LogP contribution in [0, 0.1) is 23.3 Å². The largest absolute Gasteiger partial charge is 0.319 e. The molecule has 132 valence electrons. The van der Waals surface area contributed by atoms with Gasteiger partial charge >= 0.3 is 0 Å². The van der Waals surface area contributed by atoms with Gasteiger partial charge in [0.25, 0.3) is 5.91 Å². The molecule has 3 aromatic rings. The first-order valence-electron chi connectivity index (χ1n) is 7.25. The van der Waals surface area contributed by atoms with E-state index in [0.29, 0.717) is 0 Å². The van der Waals surface area contributed by atoms with E-state index in [2.05, 4.69) is 20.6 Å². The van der Waals surface area contributed by atoms with Crippen molar-refractivity contribution in [3.05, 3.63) is 77.6 Å². The van der Waals surface area contributed by atoms with Crippen LogP contribution in [-0.2, 0) is 0 Å². The van der Waals surface area contributed by atoms with Gasteiger partial charge in [0.2, 0.25) is 5.95 Å². The van der Waals surface area contributed by atoms with Crippen molar-refractivity contribution in [2.24, 2.45) is 0 Å². The van der Waals surface area contributed by atoms with Crippen molar-refractivity contribution in [3.63, 3.8) is 0 Å². The number of carbonyl (C=O) groups is 1. The van der Waals surface area contributed by atoms with E-state index in [9.17, 15) is 22.4 Å². The number of hydrogen-bond acceptors (Lipinski definition) is 4. The smallest absolute Gasteiger partial charge is 0.274 e. The number of amides is 1. The highest BCUT2D eigenvalue weighted by Crippen LogP contribution is 2.22. The van der Waals surface area contributed by atoms with Crippen molar-refractivity contribution in [1.82, 2.24) is 9.97 Å². The van der Waals surface area contributed by atoms with Gasteiger partial charge < -0.3 is 10.6 Å². The normalized spacial score (nSPS) is 10.5. The summed E-state index contributed by atoms with van der Waals surface area (Å²) in [5, 5.41) is 4.38. The number of hydrogen-bond donors (Lipinski definition) is 2. The number of aromatic nitrogens is 2. The number of anilines is 3. The van der Waals surface area contributed by atoms with Gasteiger partial charge in [0.1, 0.15) is 40.3 Å². The molecule has 0 bridgehead atoms. The maximum absolute atomic E-state index is 13.7. The predicted octanol–water partition coefficient (Wildman–Crippen LogP) is 4.03. The summed E-state index contributed by atoms with van der Waals surface area (Å²) in [5.74, 6) is -4.86. The summed E-state index contributed by atoms with van der Waals surface area (Å²) in [7, 11) is 0. The minimum atomic E-state index is -0.959. The summed E-state index contributed by atoms with van der Waals surface area (Å²) < 4.78 is 54.5. The fourth-order valence-corrected chi connectivity index (χ4v) is 2.07. The average molecular weight is 362 g/mol. The number of benzene rings is 2. The lowest BCUT2D eigenvalue weighted by Gasteiger charge is -2.09. The molecule has 0 radical (unpaired) electrons. The highest BCUT2D eigenvalue weighted by Gasteiger charge is 2.16. The van der Waals surface area contributed by atoms with E-state index in [-0.39, 0.29) is 11.6 Å². The van der Waals surface area contributed by atoms with Gasteiger partial charge in [-0.1, -0.05) is 12.1 Å². The van der Waals surface area contributed by atoms with Crippen molar-refractivity contribution >= 4 is 23.2 Å². The highest BCUT2D eigenvalue weighted by atomic mass is 19.1. The minimum absolute atomic E-state index is 0.262. The molecule has 0 spiro atoms. The Morgan fingerprint density at radius 1 is 0.808 bits per heavy atom. The monoisotopic (exact) mass is 362 g/mol. The summed E-state index contributed by atoms with van der Waals surface area (Å²) >= 11 is 0. The second-order valence-electron chi connectivity index (χ2n) is 5.04. The van der Waals surface area contributed by atoms with Gasteiger partial charge in [-0.2, -0.15) is 0 Å². The molecule has 9 heteroatoms. The van der Waals surface area contributed by atoms with Gasteiger partial charge in [-0.05, 0) is 30.3 Å². The molecule has 0 atom stereocenters. The summed E-state index contributed by atoms with van der Waals surface area (Å²) in [4.78, 5) is 19.7. The second kappa shape index (κ2) is 7.18. The van der Waals surface area contributed by atoms with Crippen molar-refractivity contribution in [2.75, 3.05) is 10.6 Å². The summed E-state index contributed by atoms with van der Waals surface area (Å²) in [6, 6.07) is 7.53. The molecule has 1 heterocycles. The lowest BCUT2D eigenvalue weighted by Crippen LogP contribution is -2.16. The Kier molecular flexibility index (Phi) is 4.78. The fourth-order valence-electron chi connectivity index (χ4n) is 2.07. The summed E-state index contributed by atoms with van der Waals surface area (Å²) in [6.07, 6.45) is 1.15. The molecule has 1 amide bonds. The van der Waals surface area contributed by atoms with Crippen LogP contribution in [0.3, 0.4) is 0 Å². The molecule has 0 saturated heterocycles. The number of halogens is 4. The lowest BCUT2D eigenvalue weighted by molar-refractivity contribution is 0.102. The van der Waals surface area contributed by atoms with Crippen LogP contribution in [0.1, 0.15) is 10.5 Å². The molecular weight excluding hydrogens is 352 g/mol. The number of rotatable bonds is 4. The molecule has 2 aromatic carbocycles. The molecule has 0 aliphatic rings. The highest BCUT2D eigenvalue weighted by molar-refractivity contribution is 6.03. The maximum Gasteiger partial charge on any atom is 0.274 e. The molecule has 0 fully saturated rings. The summed E-state index contributed by atoms with van der Waals surface area (Å²) in [6.45, 7) is 0. The quantitative estimate of drug-likeness (QED) is 0.688. The average Bonchev–Trinajstić information content (AvgIpc) is 2.62. The maximum atomic E-state index is 13.7. The Balaban J connectivity index is 1.84. The molecule has 0 aliphatic carbocycles. The van der Waals surface area contributed by atoms with Gasteiger partial charge in [-0.15, -0.1) is 0 Å². The van der Waals surface area contributed by atoms with Crippen LogP contribution in [0.5, 0.6) is 0 Å². The third kappa shape index (κ3) is 3.61. The Hall–Kier alpha value is -3.49. The van der Waals surface area contributed by atoms with E-state index < -0.39 is 40.6 Å². The lowest BCUT2D eigenvalue weighted by atomic mass is 10.2. The first-order valence-corrected chi connectivity index (χ1v) is 7.25. The predicted molar refractivity (Wildman–Crippen MR) is 86.0 cm³/mol. The fraction of sp³-hybridized carbons (Fsp3) is 0. The third-order valence-electron chi connectivity index (χ3n) is 3.29. The van der Waals surface area contributed by atoms with E-state index in [0.717, 1.165) is 36.5 Å². The molecule has 5 nitrogen and oxygen atoms in total. The standard InChI is InChI=1S/C17H10F4N4O/c18-9-3-1-4-10(19)14(9)24-16(26)13-7-8-22-17(23-13)25-15-11(20)5-2-6-12(15)21/h1-8H,(H,24,26)(H,22,23,25). The first kappa shape index (κ1) is 17.3. The van der Waals surface area contributed by atoms with Gasteiger partial charge in [-0.3, -0.25) is 4.79 Å². The Morgan fingerprint density at radius 3 is 1.92 bits per heavy atom. The van der Waals surface area contributed by atoms with Crippen LogP contribution < -0.4 is 10.6 Å². The molecule has 0 unspecified atom stereocenters. The van der Waals surface area contributed by atoms with E-state index in [1.54, 1.807) is 0 Å². The van der Waals surface area contributed by atoms with Crippen LogP contribution in [0.2, 0.25) is 0 Å².